The Bertz CT molecular complexity index is 2590. The number of anilines is 2. The molecule has 2 saturated heterocycles. The topological polar surface area (TPSA) is 107 Å². The molecule has 0 bridgehead atoms. The van der Waals surface area contributed by atoms with E-state index in [1.165, 1.54) is 6.07 Å². The molecule has 0 radical (unpaired) electrons. The summed E-state index contributed by atoms with van der Waals surface area (Å²) in [5.41, 5.74) is -0.508. The third-order valence-corrected chi connectivity index (χ3v) is 12.5. The first-order valence-electron chi connectivity index (χ1n) is 18.9. The van der Waals surface area contributed by atoms with Crippen LogP contribution in [0.4, 0.5) is 37.7 Å². The molecule has 9 rings (SSSR count). The fourth-order valence-corrected chi connectivity index (χ4v) is 9.97. The number of hydrazine groups is 1. The summed E-state index contributed by atoms with van der Waals surface area (Å²) in [5, 5.41) is 14.1. The van der Waals surface area contributed by atoms with Crippen LogP contribution in [0.1, 0.15) is 46.6 Å². The van der Waals surface area contributed by atoms with Crippen molar-refractivity contribution in [1.82, 2.24) is 5.01 Å². The van der Waals surface area contributed by atoms with Crippen LogP contribution in [-0.4, -0.2) is 33.7 Å². The van der Waals surface area contributed by atoms with Gasteiger partial charge in [0, 0.05) is 11.5 Å². The number of nitrogens with zero attached hydrogens (tertiary/aromatic N) is 2. The summed E-state index contributed by atoms with van der Waals surface area (Å²) in [6.45, 7) is 1.87. The number of carbonyl (C=O) groups excluding carboxylic acids is 4. The lowest BCUT2D eigenvalue weighted by Gasteiger charge is -2.51. The number of phenolic OH excluding ortho intramolecular Hbond substituents is 1. The second-order valence-corrected chi connectivity index (χ2v) is 15.6. The highest BCUT2D eigenvalue weighted by molar-refractivity contribution is 6.23. The molecule has 8 nitrogen and oxygen atoms in total. The van der Waals surface area contributed by atoms with E-state index in [0.717, 1.165) is 10.6 Å². The van der Waals surface area contributed by atoms with Crippen LogP contribution in [-0.2, 0) is 36.9 Å². The molecule has 59 heavy (non-hydrogen) atoms. The largest absolute Gasteiger partial charge is 0.508 e. The molecule has 2 heterocycles. The lowest BCUT2D eigenvalue weighted by atomic mass is 9.48. The highest BCUT2D eigenvalue weighted by Gasteiger charge is 2.71. The van der Waals surface area contributed by atoms with E-state index in [9.17, 15) is 45.8 Å². The molecule has 5 aromatic rings. The first-order valence-corrected chi connectivity index (χ1v) is 18.9. The predicted octanol–water partition coefficient (Wildman–Crippen LogP) is 9.08. The number of hydrogen-bond acceptors (Lipinski definition) is 6. The Balaban J connectivity index is 1.25. The molecule has 2 aliphatic carbocycles. The number of imide groups is 2. The van der Waals surface area contributed by atoms with Crippen LogP contribution in [0.5, 0.6) is 5.75 Å². The van der Waals surface area contributed by atoms with Crippen LogP contribution in [0.3, 0.4) is 0 Å². The van der Waals surface area contributed by atoms with Crippen molar-refractivity contribution >= 4 is 45.8 Å². The first-order chi connectivity index (χ1) is 28.0. The SMILES string of the molecule is Cc1ccc(NN2C(=O)C3CC4C(=CCC5C(=O)N(c6cc(C(F)(F)F)cc(C(F)(F)F)c6)C(=O)C54)C(c4c(O)ccc5ccccc45)C3(c3ccccc3)C2=O)cc1. The minimum Gasteiger partial charge on any atom is -0.508 e. The maximum atomic E-state index is 15.5. The minimum atomic E-state index is -5.24. The summed E-state index contributed by atoms with van der Waals surface area (Å²) in [4.78, 5) is 59.7. The minimum absolute atomic E-state index is 0.0775. The quantitative estimate of drug-likeness (QED) is 0.104. The summed E-state index contributed by atoms with van der Waals surface area (Å²) < 4.78 is 83.9. The van der Waals surface area contributed by atoms with Gasteiger partial charge in [-0.15, -0.1) is 0 Å². The maximum absolute atomic E-state index is 15.5. The summed E-state index contributed by atoms with van der Waals surface area (Å²) in [5.74, 6) is -9.46. The predicted molar refractivity (Wildman–Crippen MR) is 203 cm³/mol. The van der Waals surface area contributed by atoms with E-state index in [1.807, 2.05) is 13.0 Å². The number of aryl methyl sites for hydroxylation is 1. The van der Waals surface area contributed by atoms with E-state index in [0.29, 0.717) is 44.6 Å². The van der Waals surface area contributed by atoms with Gasteiger partial charge in [0.2, 0.25) is 11.8 Å². The van der Waals surface area contributed by atoms with Crippen molar-refractivity contribution < 1.29 is 50.6 Å². The number of aromatic hydroxyl groups is 1. The number of alkyl halides is 6. The van der Waals surface area contributed by atoms with E-state index in [4.69, 9.17) is 0 Å². The number of hydrogen-bond donors (Lipinski definition) is 2. The standard InChI is InChI=1S/C45H33F6N3O5/c1-23-11-14-28(15-12-23)52-54-40(57)34-22-33-31(16-17-32-36(33)41(58)53(39(32)56)29-20-26(44(46,47)48)19-27(21-29)45(49,50)51)38(43(34,42(54)59)25-8-3-2-4-9-25)37-30-10-6-5-7-24(30)13-18-35(37)55/h2-16,18-21,32-34,36,38,52,55H,17,22H2,1H3. The number of rotatable bonds is 5. The summed E-state index contributed by atoms with van der Waals surface area (Å²) in [6, 6.07) is 26.5. The number of halogens is 6. The number of allylic oxidation sites excluding steroid dienone is 2. The van der Waals surface area contributed by atoms with Crippen LogP contribution >= 0.6 is 0 Å². The molecule has 300 valence electrons. The molecule has 1 saturated carbocycles. The Kier molecular flexibility index (Phi) is 8.59. The van der Waals surface area contributed by atoms with Gasteiger partial charge >= 0.3 is 12.4 Å². The Morgan fingerprint density at radius 1 is 0.729 bits per heavy atom. The molecule has 4 amide bonds. The Labute approximate surface area is 332 Å². The monoisotopic (exact) mass is 809 g/mol. The van der Waals surface area contributed by atoms with Crippen LogP contribution in [0, 0.1) is 30.6 Å². The molecule has 4 aliphatic rings. The molecule has 3 fully saturated rings. The fourth-order valence-electron chi connectivity index (χ4n) is 9.97. The van der Waals surface area contributed by atoms with Gasteiger partial charge in [0.05, 0.1) is 45.7 Å². The molecule has 6 unspecified atom stereocenters. The van der Waals surface area contributed by atoms with Crippen LogP contribution in [0.2, 0.25) is 0 Å². The van der Waals surface area contributed by atoms with Gasteiger partial charge in [-0.3, -0.25) is 24.6 Å². The molecule has 2 N–H and O–H groups in total. The van der Waals surface area contributed by atoms with Crippen molar-refractivity contribution in [1.29, 1.82) is 0 Å². The maximum Gasteiger partial charge on any atom is 0.416 e. The van der Waals surface area contributed by atoms with Crippen LogP contribution in [0.15, 0.2) is 121 Å². The second kappa shape index (κ2) is 13.3. The molecule has 2 aliphatic heterocycles. The van der Waals surface area contributed by atoms with Crippen molar-refractivity contribution in [3.8, 4) is 5.75 Å². The summed E-state index contributed by atoms with van der Waals surface area (Å²) in [6.07, 6.45) is -9.14. The third-order valence-electron chi connectivity index (χ3n) is 12.5. The van der Waals surface area contributed by atoms with Gasteiger partial charge in [0.25, 0.3) is 11.8 Å². The van der Waals surface area contributed by atoms with Gasteiger partial charge in [-0.25, -0.2) is 4.90 Å². The number of nitrogens with one attached hydrogen (secondary N) is 1. The third kappa shape index (κ3) is 5.74. The molecule has 6 atom stereocenters. The summed E-state index contributed by atoms with van der Waals surface area (Å²) >= 11 is 0. The zero-order valence-corrected chi connectivity index (χ0v) is 31.0. The van der Waals surface area contributed by atoms with Gasteiger partial charge in [-0.05, 0) is 78.4 Å². The van der Waals surface area contributed by atoms with Gasteiger partial charge in [-0.1, -0.05) is 90.0 Å². The Hall–Kier alpha value is -6.44. The zero-order valence-electron chi connectivity index (χ0n) is 31.0. The van der Waals surface area contributed by atoms with Crippen LogP contribution < -0.4 is 10.3 Å². The van der Waals surface area contributed by atoms with Crippen molar-refractivity contribution in [3.63, 3.8) is 0 Å². The van der Waals surface area contributed by atoms with Crippen molar-refractivity contribution in [2.75, 3.05) is 10.3 Å². The first kappa shape index (κ1) is 38.1. The molecular formula is C45H33F6N3O5. The van der Waals surface area contributed by atoms with Crippen molar-refractivity contribution in [3.05, 3.63) is 149 Å². The van der Waals surface area contributed by atoms with E-state index in [-0.39, 0.29) is 30.2 Å². The lowest BCUT2D eigenvalue weighted by Crippen LogP contribution is -2.53. The molecule has 0 spiro atoms. The van der Waals surface area contributed by atoms with E-state index >= 15 is 4.79 Å². The van der Waals surface area contributed by atoms with Crippen molar-refractivity contribution in [2.45, 2.75) is 43.5 Å². The number of carbonyl (C=O) groups is 4. The van der Waals surface area contributed by atoms with Gasteiger partial charge in [0.15, 0.2) is 0 Å². The number of amides is 4. The smallest absolute Gasteiger partial charge is 0.416 e. The van der Waals surface area contributed by atoms with E-state index in [2.05, 4.69) is 5.43 Å². The Morgan fingerprint density at radius 2 is 1.37 bits per heavy atom. The molecular weight excluding hydrogens is 776 g/mol. The zero-order chi connectivity index (χ0) is 41.8. The highest BCUT2D eigenvalue weighted by atomic mass is 19.4. The van der Waals surface area contributed by atoms with Crippen LogP contribution in [0.25, 0.3) is 10.8 Å². The number of benzene rings is 5. The number of phenols is 1. The van der Waals surface area contributed by atoms with E-state index < -0.39 is 87.8 Å². The highest BCUT2D eigenvalue weighted by Crippen LogP contribution is 2.65. The Morgan fingerprint density at radius 3 is 2.03 bits per heavy atom. The van der Waals surface area contributed by atoms with E-state index in [1.54, 1.807) is 84.9 Å². The average Bonchev–Trinajstić information content (AvgIpc) is 3.59. The number of fused-ring (bicyclic) bond motifs is 5. The van der Waals surface area contributed by atoms with Gasteiger partial charge in [-0.2, -0.15) is 31.4 Å². The molecule has 5 aromatic carbocycles. The van der Waals surface area contributed by atoms with Gasteiger partial charge in [0.1, 0.15) is 5.75 Å². The van der Waals surface area contributed by atoms with Crippen molar-refractivity contribution in [2.24, 2.45) is 23.7 Å². The van der Waals surface area contributed by atoms with Gasteiger partial charge < -0.3 is 5.11 Å². The normalized spacial score (nSPS) is 25.5. The molecule has 14 heteroatoms. The second-order valence-electron chi connectivity index (χ2n) is 15.6. The average molecular weight is 810 g/mol. The molecule has 0 aromatic heterocycles. The fraction of sp³-hybridized carbons (Fsp3) is 0.244. The lowest BCUT2D eigenvalue weighted by molar-refractivity contribution is -0.143. The summed E-state index contributed by atoms with van der Waals surface area (Å²) in [7, 11) is 0.